The van der Waals surface area contributed by atoms with Gasteiger partial charge in [0.1, 0.15) is 0 Å². The Balaban J connectivity index is -0.000000184. The normalized spacial score (nSPS) is 16.1. The summed E-state index contributed by atoms with van der Waals surface area (Å²) in [5.41, 5.74) is -0.831. The van der Waals surface area contributed by atoms with E-state index in [4.69, 9.17) is 0 Å². The van der Waals surface area contributed by atoms with Gasteiger partial charge in [0.2, 0.25) is 0 Å². The van der Waals surface area contributed by atoms with Crippen LogP contribution in [0, 0.1) is 34.0 Å². The molecule has 0 spiro atoms. The van der Waals surface area contributed by atoms with Gasteiger partial charge in [-0.2, -0.15) is 0 Å². The predicted octanol–water partition coefficient (Wildman–Crippen LogP) is 5.12. The summed E-state index contributed by atoms with van der Waals surface area (Å²) in [5, 5.41) is 69.7. The van der Waals surface area contributed by atoms with Crippen LogP contribution in [0.5, 0.6) is 0 Å². The van der Waals surface area contributed by atoms with E-state index in [0.717, 1.165) is 38.5 Å². The molecule has 6 unspecified atom stereocenters. The Morgan fingerprint density at radius 1 is 0.340 bits per heavy atom. The van der Waals surface area contributed by atoms with Crippen LogP contribution in [-0.2, 0) is 65.4 Å². The molecule has 0 heterocycles. The van der Waals surface area contributed by atoms with Crippen molar-refractivity contribution >= 4 is 0 Å². The van der Waals surface area contributed by atoms with Crippen molar-refractivity contribution in [1.29, 1.82) is 0 Å². The average Bonchev–Trinajstić information content (AvgIpc) is 2.82. The Kier molecular flexibility index (Phi) is 37.7. The summed E-state index contributed by atoms with van der Waals surface area (Å²) in [4.78, 5) is 0. The molecule has 0 bridgehead atoms. The van der Waals surface area contributed by atoms with Crippen LogP contribution in [0.3, 0.4) is 0 Å². The second kappa shape index (κ2) is 30.4. The summed E-state index contributed by atoms with van der Waals surface area (Å²) in [6.07, 6.45) is 4.83. The second-order valence-electron chi connectivity index (χ2n) is 18.1. The Morgan fingerprint density at radius 2 is 0.511 bits per heavy atom. The van der Waals surface area contributed by atoms with Gasteiger partial charge in [-0.1, -0.05) is 197 Å². The molecule has 0 radical (unpaired) electrons. The third-order valence-electron chi connectivity index (χ3n) is 8.25. The van der Waals surface area contributed by atoms with Crippen LogP contribution in [0.4, 0.5) is 0 Å². The van der Waals surface area contributed by atoms with Crippen molar-refractivity contribution in [2.75, 3.05) is 0 Å². The first-order valence-electron chi connectivity index (χ1n) is 18.1. The first-order chi connectivity index (χ1) is 20.2. The minimum atomic E-state index is -0.723. The molecule has 0 aliphatic rings. The van der Waals surface area contributed by atoms with Crippen molar-refractivity contribution in [2.45, 2.75) is 218 Å². The topological polar surface area (TPSA) is 138 Å². The number of hydrogen-bond acceptors (Lipinski definition) is 6. The van der Waals surface area contributed by atoms with Crippen LogP contribution < -0.4 is 30.6 Å². The van der Waals surface area contributed by atoms with E-state index in [1.165, 1.54) is 0 Å². The first-order valence-corrected chi connectivity index (χ1v) is 18.1. The quantitative estimate of drug-likeness (QED) is 0.189. The molecule has 276 valence electrons. The van der Waals surface area contributed by atoms with Crippen molar-refractivity contribution in [2.24, 2.45) is 34.0 Å². The van der Waals surface area contributed by atoms with Crippen molar-refractivity contribution in [3.05, 3.63) is 0 Å². The van der Waals surface area contributed by atoms with Gasteiger partial charge in [-0.3, -0.25) is 0 Å². The summed E-state index contributed by atoms with van der Waals surface area (Å²) in [7, 11) is 0. The van der Waals surface area contributed by atoms with E-state index in [1.54, 1.807) is 0 Å². The van der Waals surface area contributed by atoms with Gasteiger partial charge in [0.25, 0.3) is 0 Å². The van der Waals surface area contributed by atoms with Gasteiger partial charge in [-0.05, 0) is 17.8 Å². The molecule has 0 fully saturated rings. The van der Waals surface area contributed by atoms with Gasteiger partial charge in [-0.25, -0.2) is 0 Å². The Morgan fingerprint density at radius 3 is 0.638 bits per heavy atom. The largest absolute Gasteiger partial charge is 3.00 e. The molecule has 0 saturated carbocycles. The summed E-state index contributed by atoms with van der Waals surface area (Å²) in [6, 6.07) is 0. The monoisotopic (exact) mass is 820 g/mol. The summed E-state index contributed by atoms with van der Waals surface area (Å²) < 4.78 is 0. The van der Waals surface area contributed by atoms with Crippen LogP contribution in [0.2, 0.25) is 0 Å². The minimum absolute atomic E-state index is 0. The molecule has 0 aromatic carbocycles. The summed E-state index contributed by atoms with van der Waals surface area (Å²) in [5.74, 6) is 1.97. The van der Waals surface area contributed by atoms with E-state index >= 15 is 0 Å². The summed E-state index contributed by atoms with van der Waals surface area (Å²) >= 11 is 0. The van der Waals surface area contributed by atoms with Gasteiger partial charge in [-0.15, -0.1) is 36.6 Å². The molecule has 0 aromatic rings. The molecule has 0 aliphatic carbocycles. The SMILES string of the molecule is CC(C)CCCC([O-])CC([O-])C(C)(C)C.CC(C)CCCC([O-])CC([O-])C(C)(C)C.CC(C)CCCC([O-])CC([O-])C(C)(C)C.[Y+3].[Y+3]. The maximum atomic E-state index is 11.7. The molecule has 6 nitrogen and oxygen atoms in total. The molecule has 0 aromatic heterocycles. The molecule has 0 rings (SSSR count). The third kappa shape index (κ3) is 40.6. The van der Waals surface area contributed by atoms with E-state index in [2.05, 4.69) is 41.5 Å². The van der Waals surface area contributed by atoms with Crippen LogP contribution in [0.15, 0.2) is 0 Å². The zero-order valence-electron chi connectivity index (χ0n) is 33.8. The van der Waals surface area contributed by atoms with Crippen LogP contribution in [0.25, 0.3) is 0 Å². The van der Waals surface area contributed by atoms with Gasteiger partial charge in [0.15, 0.2) is 0 Å². The molecule has 0 saturated heterocycles. The molecule has 0 N–H and O–H groups in total. The van der Waals surface area contributed by atoms with Gasteiger partial charge >= 0.3 is 65.4 Å². The van der Waals surface area contributed by atoms with E-state index in [0.29, 0.717) is 37.0 Å². The first kappa shape index (κ1) is 58.3. The minimum Gasteiger partial charge on any atom is -0.852 e. The third-order valence-corrected chi connectivity index (χ3v) is 8.25. The number of rotatable bonds is 18. The maximum absolute atomic E-state index is 11.7. The second-order valence-corrected chi connectivity index (χ2v) is 18.1. The van der Waals surface area contributed by atoms with Gasteiger partial charge < -0.3 is 30.6 Å². The molecular formula is C39H78O6Y2. The Labute approximate surface area is 344 Å². The smallest absolute Gasteiger partial charge is 0.852 e. The summed E-state index contributed by atoms with van der Waals surface area (Å²) in [6.45, 7) is 30.1. The van der Waals surface area contributed by atoms with Crippen molar-refractivity contribution in [3.8, 4) is 0 Å². The molecule has 6 atom stereocenters. The zero-order valence-corrected chi connectivity index (χ0v) is 39.5. The Bertz CT molecular complexity index is 578. The molecule has 8 heteroatoms. The molecular weight excluding hydrogens is 742 g/mol. The van der Waals surface area contributed by atoms with Crippen molar-refractivity contribution < 1.29 is 96.1 Å². The van der Waals surface area contributed by atoms with E-state index in [1.807, 2.05) is 62.3 Å². The van der Waals surface area contributed by atoms with Gasteiger partial charge in [0, 0.05) is 0 Å². The van der Waals surface area contributed by atoms with Gasteiger partial charge in [0.05, 0.1) is 0 Å². The van der Waals surface area contributed by atoms with E-state index in [9.17, 15) is 30.6 Å². The fourth-order valence-electron chi connectivity index (χ4n) is 4.39. The maximum Gasteiger partial charge on any atom is 3.00 e. The van der Waals surface area contributed by atoms with Crippen LogP contribution in [-0.4, -0.2) is 36.6 Å². The van der Waals surface area contributed by atoms with Crippen LogP contribution in [0.1, 0.15) is 181 Å². The van der Waals surface area contributed by atoms with Crippen molar-refractivity contribution in [3.63, 3.8) is 0 Å². The molecule has 0 amide bonds. The van der Waals surface area contributed by atoms with Crippen LogP contribution >= 0.6 is 0 Å². The average molecular weight is 821 g/mol. The Hall–Kier alpha value is 1.97. The fraction of sp³-hybridized carbons (Fsp3) is 1.00. The number of hydrogen-bond donors (Lipinski definition) is 0. The van der Waals surface area contributed by atoms with E-state index in [-0.39, 0.29) is 101 Å². The standard InChI is InChI=1S/3C13H26O2.2Y/c3*1-10(2)7-6-8-11(14)9-12(15)13(3,4)5;;/h3*10-12H,6-9H2,1-5H3;;/q3*-2;2*+3. The fourth-order valence-corrected chi connectivity index (χ4v) is 4.39. The van der Waals surface area contributed by atoms with E-state index < -0.39 is 36.6 Å². The van der Waals surface area contributed by atoms with Crippen molar-refractivity contribution in [1.82, 2.24) is 0 Å². The predicted molar refractivity (Wildman–Crippen MR) is 181 cm³/mol. The molecule has 0 aliphatic heterocycles. The zero-order chi connectivity index (χ0) is 36.2. The molecule has 47 heavy (non-hydrogen) atoms.